The van der Waals surface area contributed by atoms with Crippen molar-refractivity contribution in [2.75, 3.05) is 6.54 Å². The number of furan rings is 1. The highest BCUT2D eigenvalue weighted by Gasteiger charge is 2.11. The van der Waals surface area contributed by atoms with E-state index >= 15 is 0 Å². The second-order valence-corrected chi connectivity index (χ2v) is 4.17. The van der Waals surface area contributed by atoms with E-state index in [2.05, 4.69) is 10.1 Å². The Morgan fingerprint density at radius 1 is 1.16 bits per heavy atom. The quantitative estimate of drug-likeness (QED) is 0.774. The second kappa shape index (κ2) is 5.07. The molecule has 96 valence electrons. The van der Waals surface area contributed by atoms with E-state index in [4.69, 9.17) is 14.7 Å². The maximum atomic E-state index is 5.56. The third kappa shape index (κ3) is 2.41. The number of hydrogen-bond acceptors (Lipinski definition) is 5. The molecule has 0 amide bonds. The van der Waals surface area contributed by atoms with Crippen LogP contribution in [0.1, 0.15) is 5.56 Å². The number of nitrogens with two attached hydrogens (primary N) is 1. The van der Waals surface area contributed by atoms with Crippen molar-refractivity contribution in [3.63, 3.8) is 0 Å². The molecule has 2 N–H and O–H groups in total. The summed E-state index contributed by atoms with van der Waals surface area (Å²) in [7, 11) is 0. The lowest BCUT2D eigenvalue weighted by Gasteiger charge is -1.99. The monoisotopic (exact) mass is 255 g/mol. The fourth-order valence-electron chi connectivity index (χ4n) is 1.88. The molecular weight excluding hydrogens is 242 g/mol. The van der Waals surface area contributed by atoms with Gasteiger partial charge in [-0.1, -0.05) is 17.3 Å². The van der Waals surface area contributed by atoms with Crippen LogP contribution in [0.25, 0.3) is 22.8 Å². The van der Waals surface area contributed by atoms with Crippen LogP contribution in [-0.4, -0.2) is 16.7 Å². The highest BCUT2D eigenvalue weighted by atomic mass is 16.5. The zero-order chi connectivity index (χ0) is 13.1. The lowest BCUT2D eigenvalue weighted by Crippen LogP contribution is -2.02. The largest absolute Gasteiger partial charge is 0.472 e. The number of rotatable bonds is 4. The highest BCUT2D eigenvalue weighted by Crippen LogP contribution is 2.23. The Morgan fingerprint density at radius 2 is 2.11 bits per heavy atom. The van der Waals surface area contributed by atoms with Gasteiger partial charge < -0.3 is 14.7 Å². The Morgan fingerprint density at radius 3 is 2.89 bits per heavy atom. The van der Waals surface area contributed by atoms with Gasteiger partial charge in [-0.25, -0.2) is 0 Å². The first-order valence-electron chi connectivity index (χ1n) is 6.02. The minimum atomic E-state index is 0.495. The van der Waals surface area contributed by atoms with Gasteiger partial charge in [0.15, 0.2) is 0 Å². The Kier molecular flexibility index (Phi) is 3.12. The molecule has 0 aliphatic carbocycles. The van der Waals surface area contributed by atoms with Crippen LogP contribution in [0.4, 0.5) is 0 Å². The van der Waals surface area contributed by atoms with Crippen LogP contribution in [-0.2, 0) is 6.42 Å². The summed E-state index contributed by atoms with van der Waals surface area (Å²) < 4.78 is 10.3. The summed E-state index contributed by atoms with van der Waals surface area (Å²) in [6.45, 7) is 0.619. The van der Waals surface area contributed by atoms with Crippen molar-refractivity contribution in [2.45, 2.75) is 6.42 Å². The molecule has 0 spiro atoms. The molecule has 0 bridgehead atoms. The van der Waals surface area contributed by atoms with Gasteiger partial charge in [0.25, 0.3) is 5.89 Å². The van der Waals surface area contributed by atoms with Crippen LogP contribution >= 0.6 is 0 Å². The fourth-order valence-corrected chi connectivity index (χ4v) is 1.88. The first kappa shape index (κ1) is 11.7. The van der Waals surface area contributed by atoms with Gasteiger partial charge in [-0.2, -0.15) is 4.98 Å². The highest BCUT2D eigenvalue weighted by molar-refractivity contribution is 5.59. The van der Waals surface area contributed by atoms with Gasteiger partial charge in [-0.15, -0.1) is 0 Å². The van der Waals surface area contributed by atoms with Crippen molar-refractivity contribution in [1.82, 2.24) is 10.1 Å². The SMILES string of the molecule is NCCc1cccc(-c2nc(-c3ccoc3)no2)c1. The van der Waals surface area contributed by atoms with Gasteiger partial charge in [-0.05, 0) is 36.7 Å². The van der Waals surface area contributed by atoms with Crippen molar-refractivity contribution in [3.8, 4) is 22.8 Å². The lowest BCUT2D eigenvalue weighted by atomic mass is 10.1. The van der Waals surface area contributed by atoms with Gasteiger partial charge >= 0.3 is 0 Å². The van der Waals surface area contributed by atoms with E-state index in [1.54, 1.807) is 18.6 Å². The summed E-state index contributed by atoms with van der Waals surface area (Å²) in [6.07, 6.45) is 3.99. The summed E-state index contributed by atoms with van der Waals surface area (Å²) in [4.78, 5) is 4.36. The zero-order valence-corrected chi connectivity index (χ0v) is 10.2. The summed E-state index contributed by atoms with van der Waals surface area (Å²) >= 11 is 0. The van der Waals surface area contributed by atoms with Crippen LogP contribution < -0.4 is 5.73 Å². The van der Waals surface area contributed by atoms with Gasteiger partial charge in [-0.3, -0.25) is 0 Å². The van der Waals surface area contributed by atoms with E-state index in [0.29, 0.717) is 18.3 Å². The van der Waals surface area contributed by atoms with Gasteiger partial charge in [0.2, 0.25) is 5.82 Å². The molecule has 19 heavy (non-hydrogen) atoms. The average molecular weight is 255 g/mol. The predicted molar refractivity (Wildman–Crippen MR) is 70.2 cm³/mol. The van der Waals surface area contributed by atoms with E-state index in [9.17, 15) is 0 Å². The minimum absolute atomic E-state index is 0.495. The molecule has 0 aliphatic rings. The maximum absolute atomic E-state index is 5.56. The molecule has 5 heteroatoms. The fraction of sp³-hybridized carbons (Fsp3) is 0.143. The van der Waals surface area contributed by atoms with Crippen LogP contribution in [0.15, 0.2) is 51.8 Å². The van der Waals surface area contributed by atoms with Crippen molar-refractivity contribution in [1.29, 1.82) is 0 Å². The summed E-state index contributed by atoms with van der Waals surface area (Å²) in [6, 6.07) is 9.73. The minimum Gasteiger partial charge on any atom is -0.472 e. The van der Waals surface area contributed by atoms with Gasteiger partial charge in [0.05, 0.1) is 11.8 Å². The van der Waals surface area contributed by atoms with Crippen LogP contribution in [0.5, 0.6) is 0 Å². The normalized spacial score (nSPS) is 10.8. The van der Waals surface area contributed by atoms with Gasteiger partial charge in [0.1, 0.15) is 6.26 Å². The molecule has 0 unspecified atom stereocenters. The molecule has 0 aliphatic heterocycles. The Labute approximate surface area is 110 Å². The summed E-state index contributed by atoms with van der Waals surface area (Å²) in [5, 5.41) is 3.94. The topological polar surface area (TPSA) is 78.1 Å². The number of hydrogen-bond donors (Lipinski definition) is 1. The molecular formula is C14H13N3O2. The Bertz CT molecular complexity index is 659. The molecule has 3 rings (SSSR count). The Balaban J connectivity index is 1.92. The van der Waals surface area contributed by atoms with E-state index in [1.807, 2.05) is 24.3 Å². The first-order chi connectivity index (χ1) is 9.36. The molecule has 0 radical (unpaired) electrons. The maximum Gasteiger partial charge on any atom is 0.258 e. The number of benzene rings is 1. The molecule has 5 nitrogen and oxygen atoms in total. The van der Waals surface area contributed by atoms with Crippen molar-refractivity contribution in [3.05, 3.63) is 48.4 Å². The zero-order valence-electron chi connectivity index (χ0n) is 10.2. The van der Waals surface area contributed by atoms with Crippen molar-refractivity contribution in [2.24, 2.45) is 5.73 Å². The molecule has 0 saturated carbocycles. The number of aromatic nitrogens is 2. The molecule has 0 atom stereocenters. The summed E-state index contributed by atoms with van der Waals surface area (Å²) in [5.41, 5.74) is 8.41. The number of nitrogens with zero attached hydrogens (tertiary/aromatic N) is 2. The smallest absolute Gasteiger partial charge is 0.258 e. The third-order valence-corrected chi connectivity index (χ3v) is 2.81. The van der Waals surface area contributed by atoms with Crippen LogP contribution in [0.3, 0.4) is 0 Å². The lowest BCUT2D eigenvalue weighted by molar-refractivity contribution is 0.432. The van der Waals surface area contributed by atoms with Gasteiger partial charge in [0, 0.05) is 5.56 Å². The third-order valence-electron chi connectivity index (χ3n) is 2.81. The van der Waals surface area contributed by atoms with E-state index < -0.39 is 0 Å². The van der Waals surface area contributed by atoms with E-state index in [0.717, 1.165) is 23.1 Å². The van der Waals surface area contributed by atoms with Crippen molar-refractivity contribution < 1.29 is 8.94 Å². The van der Waals surface area contributed by atoms with Crippen LogP contribution in [0.2, 0.25) is 0 Å². The van der Waals surface area contributed by atoms with Crippen molar-refractivity contribution >= 4 is 0 Å². The molecule has 0 saturated heterocycles. The molecule has 1 aromatic carbocycles. The standard InChI is InChI=1S/C14H13N3O2/c15-6-4-10-2-1-3-11(8-10)14-16-13(17-19-14)12-5-7-18-9-12/h1-3,5,7-9H,4,6,15H2. The second-order valence-electron chi connectivity index (χ2n) is 4.17. The molecule has 2 heterocycles. The molecule has 2 aromatic heterocycles. The van der Waals surface area contributed by atoms with Crippen LogP contribution in [0, 0.1) is 0 Å². The van der Waals surface area contributed by atoms with E-state index in [1.165, 1.54) is 0 Å². The Hall–Kier alpha value is -2.40. The van der Waals surface area contributed by atoms with E-state index in [-0.39, 0.29) is 0 Å². The average Bonchev–Trinajstić information content (AvgIpc) is 3.11. The molecule has 3 aromatic rings. The summed E-state index contributed by atoms with van der Waals surface area (Å²) in [5.74, 6) is 1.02. The first-order valence-corrected chi connectivity index (χ1v) is 6.02. The molecule has 0 fully saturated rings. The predicted octanol–water partition coefficient (Wildman–Crippen LogP) is 2.50.